The number of hydrogen-bond acceptors (Lipinski definition) is 8. The molecule has 0 spiro atoms. The van der Waals surface area contributed by atoms with Gasteiger partial charge in [0, 0.05) is 12.5 Å². The van der Waals surface area contributed by atoms with Crippen molar-refractivity contribution in [3.63, 3.8) is 0 Å². The second-order valence-corrected chi connectivity index (χ2v) is 9.68. The summed E-state index contributed by atoms with van der Waals surface area (Å²) in [6.45, 7) is 6.21. The van der Waals surface area contributed by atoms with Gasteiger partial charge in [-0.1, -0.05) is 32.0 Å². The molecule has 2 atom stereocenters. The lowest BCUT2D eigenvalue weighted by Crippen LogP contribution is -2.38. The van der Waals surface area contributed by atoms with E-state index in [0.29, 0.717) is 55.1 Å². The largest absolute Gasteiger partial charge is 0.494 e. The minimum atomic E-state index is -1.07. The lowest BCUT2D eigenvalue weighted by atomic mass is 9.79. The first-order valence-electron chi connectivity index (χ1n) is 12.6. The molecule has 1 aromatic heterocycles. The number of nitrogens with one attached hydrogen (secondary N) is 3. The highest BCUT2D eigenvalue weighted by Crippen LogP contribution is 2.38. The molecule has 2 aliphatic heterocycles. The normalized spacial score (nSPS) is 17.8. The van der Waals surface area contributed by atoms with Crippen LogP contribution in [0.3, 0.4) is 0 Å². The van der Waals surface area contributed by atoms with Crippen LogP contribution in [0.2, 0.25) is 0 Å². The summed E-state index contributed by atoms with van der Waals surface area (Å²) in [5.41, 5.74) is 1.38. The summed E-state index contributed by atoms with van der Waals surface area (Å²) in [6.07, 6.45) is 0.931. The smallest absolute Gasteiger partial charge is 0.258 e. The molecule has 10 heteroatoms. The number of nitrogens with zero attached hydrogens (tertiary/aromatic N) is 2. The van der Waals surface area contributed by atoms with E-state index >= 15 is 0 Å². The van der Waals surface area contributed by atoms with Crippen LogP contribution < -0.4 is 30.4 Å². The van der Waals surface area contributed by atoms with Gasteiger partial charge >= 0.3 is 0 Å². The standard InChI is InChI=1S/C28H29N5O5/c1-16(2)9-10-36-19-6-4-18(5-7-19)23-20(14-29)26(34)31-25-24(23)27(35)33-28(32-25)30-15-17-3-8-21-22(13-17)38-12-11-37-21/h3-8,13,16,20,23H,9-12,15H2,1-2H3,(H3,30,31,32,33,34,35). The number of fused-ring (bicyclic) bond motifs is 2. The van der Waals surface area contributed by atoms with Crippen molar-refractivity contribution < 1.29 is 19.0 Å². The molecule has 10 nitrogen and oxygen atoms in total. The van der Waals surface area contributed by atoms with Gasteiger partial charge in [-0.3, -0.25) is 14.6 Å². The number of aromatic amines is 1. The van der Waals surface area contributed by atoms with Crippen LogP contribution in [-0.4, -0.2) is 35.7 Å². The van der Waals surface area contributed by atoms with Crippen molar-refractivity contribution >= 4 is 17.7 Å². The summed E-state index contributed by atoms with van der Waals surface area (Å²) in [4.78, 5) is 33.3. The average Bonchev–Trinajstić information content (AvgIpc) is 2.91. The molecule has 0 aliphatic carbocycles. The van der Waals surface area contributed by atoms with Crippen molar-refractivity contribution in [1.29, 1.82) is 5.26 Å². The van der Waals surface area contributed by atoms with Crippen molar-refractivity contribution in [3.8, 4) is 23.3 Å². The van der Waals surface area contributed by atoms with Gasteiger partial charge in [-0.25, -0.2) is 0 Å². The monoisotopic (exact) mass is 515 g/mol. The number of H-pyrrole nitrogens is 1. The Morgan fingerprint density at radius 3 is 2.63 bits per heavy atom. The predicted octanol–water partition coefficient (Wildman–Crippen LogP) is 3.80. The van der Waals surface area contributed by atoms with Crippen LogP contribution in [0, 0.1) is 23.2 Å². The van der Waals surface area contributed by atoms with Crippen LogP contribution in [0.1, 0.15) is 42.9 Å². The van der Waals surface area contributed by atoms with E-state index in [1.165, 1.54) is 0 Å². The molecule has 5 rings (SSSR count). The number of hydrogen-bond donors (Lipinski definition) is 3. The van der Waals surface area contributed by atoms with Gasteiger partial charge in [0.1, 0.15) is 30.7 Å². The maximum Gasteiger partial charge on any atom is 0.258 e. The molecule has 2 aliphatic rings. The molecule has 38 heavy (non-hydrogen) atoms. The Morgan fingerprint density at radius 2 is 1.89 bits per heavy atom. The van der Waals surface area contributed by atoms with Crippen LogP contribution in [0.15, 0.2) is 47.3 Å². The molecule has 0 saturated heterocycles. The van der Waals surface area contributed by atoms with Gasteiger partial charge in [0.2, 0.25) is 11.9 Å². The van der Waals surface area contributed by atoms with E-state index in [-0.39, 0.29) is 17.3 Å². The lowest BCUT2D eigenvalue weighted by Gasteiger charge is -2.28. The average molecular weight is 516 g/mol. The zero-order valence-electron chi connectivity index (χ0n) is 21.2. The number of ether oxygens (including phenoxy) is 3. The van der Waals surface area contributed by atoms with E-state index < -0.39 is 23.3 Å². The summed E-state index contributed by atoms with van der Waals surface area (Å²) >= 11 is 0. The number of amides is 1. The Kier molecular flexibility index (Phi) is 7.18. The van der Waals surface area contributed by atoms with Crippen molar-refractivity contribution in [3.05, 3.63) is 69.5 Å². The summed E-state index contributed by atoms with van der Waals surface area (Å²) in [6, 6.07) is 14.8. The molecule has 2 unspecified atom stereocenters. The van der Waals surface area contributed by atoms with E-state index in [0.717, 1.165) is 12.0 Å². The number of nitriles is 1. The maximum absolute atomic E-state index is 13.3. The third kappa shape index (κ3) is 5.27. The minimum Gasteiger partial charge on any atom is -0.494 e. The first kappa shape index (κ1) is 25.1. The molecule has 0 fully saturated rings. The van der Waals surface area contributed by atoms with Crippen LogP contribution in [0.4, 0.5) is 11.8 Å². The van der Waals surface area contributed by atoms with Crippen molar-refractivity contribution in [2.75, 3.05) is 30.5 Å². The molecular formula is C28H29N5O5. The van der Waals surface area contributed by atoms with E-state index in [9.17, 15) is 14.9 Å². The quantitative estimate of drug-likeness (QED) is 0.412. The van der Waals surface area contributed by atoms with E-state index in [2.05, 4.69) is 40.5 Å². The highest BCUT2D eigenvalue weighted by atomic mass is 16.6. The number of rotatable bonds is 8. The van der Waals surface area contributed by atoms with Crippen molar-refractivity contribution in [2.24, 2.45) is 11.8 Å². The summed E-state index contributed by atoms with van der Waals surface area (Å²) in [7, 11) is 0. The molecule has 3 aromatic rings. The van der Waals surface area contributed by atoms with Gasteiger partial charge in [0.25, 0.3) is 5.56 Å². The van der Waals surface area contributed by atoms with E-state index in [1.54, 1.807) is 24.3 Å². The Morgan fingerprint density at radius 1 is 1.13 bits per heavy atom. The first-order valence-corrected chi connectivity index (χ1v) is 12.6. The molecular weight excluding hydrogens is 486 g/mol. The topological polar surface area (TPSA) is 138 Å². The molecule has 196 valence electrons. The van der Waals surface area contributed by atoms with Gasteiger partial charge in [-0.15, -0.1) is 0 Å². The highest BCUT2D eigenvalue weighted by molar-refractivity contribution is 5.98. The summed E-state index contributed by atoms with van der Waals surface area (Å²) in [5.74, 6) is 0.568. The van der Waals surface area contributed by atoms with E-state index in [1.807, 2.05) is 18.2 Å². The van der Waals surface area contributed by atoms with Crippen molar-refractivity contribution in [2.45, 2.75) is 32.7 Å². The van der Waals surface area contributed by atoms with Crippen LogP contribution in [-0.2, 0) is 11.3 Å². The first-order chi connectivity index (χ1) is 18.4. The zero-order chi connectivity index (χ0) is 26.6. The van der Waals surface area contributed by atoms with Gasteiger partial charge in [-0.2, -0.15) is 10.2 Å². The third-order valence-electron chi connectivity index (χ3n) is 6.53. The molecule has 3 heterocycles. The number of anilines is 2. The number of carbonyl (C=O) groups excluding carboxylic acids is 1. The van der Waals surface area contributed by atoms with Gasteiger partial charge in [0.05, 0.1) is 18.2 Å². The molecule has 0 bridgehead atoms. The molecule has 2 aromatic carbocycles. The molecule has 3 N–H and O–H groups in total. The van der Waals surface area contributed by atoms with Crippen molar-refractivity contribution in [1.82, 2.24) is 9.97 Å². The number of aromatic nitrogens is 2. The summed E-state index contributed by atoms with van der Waals surface area (Å²) < 4.78 is 17.0. The lowest BCUT2D eigenvalue weighted by molar-refractivity contribution is -0.119. The molecule has 0 radical (unpaired) electrons. The number of carbonyl (C=O) groups is 1. The number of benzene rings is 2. The fourth-order valence-corrected chi connectivity index (χ4v) is 4.52. The molecule has 0 saturated carbocycles. The Bertz CT molecular complexity index is 1430. The third-order valence-corrected chi connectivity index (χ3v) is 6.53. The van der Waals surface area contributed by atoms with Gasteiger partial charge in [-0.05, 0) is 47.7 Å². The fraction of sp³-hybridized carbons (Fsp3) is 0.357. The Balaban J connectivity index is 1.38. The minimum absolute atomic E-state index is 0.136. The zero-order valence-corrected chi connectivity index (χ0v) is 21.2. The highest BCUT2D eigenvalue weighted by Gasteiger charge is 2.40. The van der Waals surface area contributed by atoms with Crippen LogP contribution in [0.5, 0.6) is 17.2 Å². The Labute approximate surface area is 220 Å². The van der Waals surface area contributed by atoms with Crippen LogP contribution >= 0.6 is 0 Å². The fourth-order valence-electron chi connectivity index (χ4n) is 4.52. The molecule has 1 amide bonds. The van der Waals surface area contributed by atoms with Gasteiger partial charge in [0.15, 0.2) is 11.5 Å². The van der Waals surface area contributed by atoms with Crippen LogP contribution in [0.25, 0.3) is 0 Å². The SMILES string of the molecule is CC(C)CCOc1ccc(C2c3c(nc(NCc4ccc5c(c4)OCCO5)[nH]c3=O)NC(=O)C2C#N)cc1. The van der Waals surface area contributed by atoms with Gasteiger partial charge < -0.3 is 24.8 Å². The second kappa shape index (κ2) is 10.8. The summed E-state index contributed by atoms with van der Waals surface area (Å²) in [5, 5.41) is 15.5. The Hall–Kier alpha value is -4.52. The predicted molar refractivity (Wildman–Crippen MR) is 141 cm³/mol. The maximum atomic E-state index is 13.3. The second-order valence-electron chi connectivity index (χ2n) is 9.68. The van der Waals surface area contributed by atoms with E-state index in [4.69, 9.17) is 14.2 Å².